The predicted molar refractivity (Wildman–Crippen MR) is 112 cm³/mol. The number of hydrogen-bond donors (Lipinski definition) is 5. The summed E-state index contributed by atoms with van der Waals surface area (Å²) in [6, 6.07) is 6.55. The first-order chi connectivity index (χ1) is 14.4. The summed E-state index contributed by atoms with van der Waals surface area (Å²) in [5, 5.41) is 14.2. The molecule has 158 valence electrons. The second-order valence-electron chi connectivity index (χ2n) is 6.79. The highest BCUT2D eigenvalue weighted by Gasteiger charge is 2.22. The Bertz CT molecular complexity index is 983. The lowest BCUT2D eigenvalue weighted by molar-refractivity contribution is 0.187. The van der Waals surface area contributed by atoms with Gasteiger partial charge in [0.2, 0.25) is 0 Å². The molecule has 0 fully saturated rings. The van der Waals surface area contributed by atoms with E-state index < -0.39 is 6.09 Å². The van der Waals surface area contributed by atoms with Crippen LogP contribution in [0.2, 0.25) is 0 Å². The van der Waals surface area contributed by atoms with Crippen LogP contribution in [0.1, 0.15) is 37.1 Å². The van der Waals surface area contributed by atoms with Crippen molar-refractivity contribution < 1.29 is 13.9 Å². The maximum Gasteiger partial charge on any atom is 0.411 e. The maximum absolute atomic E-state index is 13.9. The van der Waals surface area contributed by atoms with Gasteiger partial charge in [0.15, 0.2) is 17.5 Å². The van der Waals surface area contributed by atoms with E-state index in [1.165, 1.54) is 13.2 Å². The topological polar surface area (TPSA) is 152 Å². The van der Waals surface area contributed by atoms with Gasteiger partial charge in [-0.15, -0.1) is 0 Å². The van der Waals surface area contributed by atoms with Crippen LogP contribution in [0.25, 0.3) is 0 Å². The first kappa shape index (κ1) is 21.0. The molecule has 0 saturated carbocycles. The van der Waals surface area contributed by atoms with Gasteiger partial charge in [-0.25, -0.2) is 19.2 Å². The molecule has 0 radical (unpaired) electrons. The lowest BCUT2D eigenvalue weighted by atomic mass is 9.92. The Morgan fingerprint density at radius 1 is 1.20 bits per heavy atom. The zero-order valence-electron chi connectivity index (χ0n) is 16.6. The molecule has 1 aliphatic carbocycles. The normalized spacial score (nSPS) is 13.7. The van der Waals surface area contributed by atoms with Crippen molar-refractivity contribution in [3.63, 3.8) is 0 Å². The molecule has 10 heteroatoms. The summed E-state index contributed by atoms with van der Waals surface area (Å²) in [5.41, 5.74) is 14.1. The Labute approximate surface area is 173 Å². The molecule has 1 amide bonds. The van der Waals surface area contributed by atoms with Crippen molar-refractivity contribution in [3.8, 4) is 0 Å². The summed E-state index contributed by atoms with van der Waals surface area (Å²) in [6.45, 7) is 0.311. The molecule has 0 unspecified atom stereocenters. The minimum atomic E-state index is -0.755. The number of hydrogen-bond acceptors (Lipinski definition) is 8. The third-order valence-electron chi connectivity index (χ3n) is 4.82. The van der Waals surface area contributed by atoms with E-state index in [-0.39, 0.29) is 34.7 Å². The molecule has 1 aromatic carbocycles. The largest absolute Gasteiger partial charge is 0.453 e. The number of halogens is 1. The summed E-state index contributed by atoms with van der Waals surface area (Å²) >= 11 is 0. The highest BCUT2D eigenvalue weighted by atomic mass is 19.1. The van der Waals surface area contributed by atoms with E-state index in [0.29, 0.717) is 18.5 Å². The molecular formula is C20H24FN7O2. The van der Waals surface area contributed by atoms with E-state index in [1.54, 1.807) is 18.2 Å². The smallest absolute Gasteiger partial charge is 0.411 e. The molecule has 0 atom stereocenters. The highest BCUT2D eigenvalue weighted by molar-refractivity contribution is 6.09. The summed E-state index contributed by atoms with van der Waals surface area (Å²) in [7, 11) is 1.21. The third-order valence-corrected chi connectivity index (χ3v) is 4.82. The molecule has 0 spiro atoms. The summed E-state index contributed by atoms with van der Waals surface area (Å²) < 4.78 is 18.4. The summed E-state index contributed by atoms with van der Waals surface area (Å²) in [4.78, 5) is 19.7. The molecule has 1 aliphatic rings. The van der Waals surface area contributed by atoms with Crippen molar-refractivity contribution >= 4 is 29.1 Å². The van der Waals surface area contributed by atoms with Crippen LogP contribution in [0.5, 0.6) is 0 Å². The van der Waals surface area contributed by atoms with Crippen molar-refractivity contribution in [1.29, 1.82) is 5.41 Å². The molecule has 0 bridgehead atoms. The Morgan fingerprint density at radius 2 is 1.87 bits per heavy atom. The Hall–Kier alpha value is -3.69. The first-order valence-corrected chi connectivity index (χ1v) is 9.47. The standard InChI is InChI=1S/C20H24FN7O2/c1-30-20(29)26-16-17(23)27-19(28-18(16)24)15(22)12-7-3-5-9-14(12)25-10-11-6-2-4-8-13(11)21/h2,4,6,8,22,25H,3,5,7,9-10H2,1H3,(H,26,29)(H4,23,24,27,28). The Balaban J connectivity index is 1.85. The third kappa shape index (κ3) is 4.65. The zero-order valence-corrected chi connectivity index (χ0v) is 16.6. The van der Waals surface area contributed by atoms with Crippen LogP contribution in [-0.4, -0.2) is 28.9 Å². The second-order valence-corrected chi connectivity index (χ2v) is 6.79. The van der Waals surface area contributed by atoms with Gasteiger partial charge in [0.25, 0.3) is 0 Å². The van der Waals surface area contributed by atoms with Gasteiger partial charge < -0.3 is 21.5 Å². The van der Waals surface area contributed by atoms with Crippen LogP contribution in [0.4, 0.5) is 26.5 Å². The van der Waals surface area contributed by atoms with Crippen molar-refractivity contribution in [1.82, 2.24) is 15.3 Å². The Morgan fingerprint density at radius 3 is 2.53 bits per heavy atom. The number of aromatic nitrogens is 2. The van der Waals surface area contributed by atoms with Crippen molar-refractivity contribution in [2.24, 2.45) is 0 Å². The van der Waals surface area contributed by atoms with Crippen LogP contribution >= 0.6 is 0 Å². The molecule has 7 N–H and O–H groups in total. The van der Waals surface area contributed by atoms with Crippen LogP contribution in [0.15, 0.2) is 35.5 Å². The van der Waals surface area contributed by atoms with Crippen molar-refractivity contribution in [2.45, 2.75) is 32.2 Å². The van der Waals surface area contributed by atoms with Crippen LogP contribution < -0.4 is 22.1 Å². The van der Waals surface area contributed by atoms with Gasteiger partial charge in [-0.3, -0.25) is 10.7 Å². The number of nitrogens with zero attached hydrogens (tertiary/aromatic N) is 2. The van der Waals surface area contributed by atoms with Crippen molar-refractivity contribution in [3.05, 3.63) is 52.7 Å². The number of benzene rings is 1. The van der Waals surface area contributed by atoms with E-state index in [9.17, 15) is 9.18 Å². The number of methoxy groups -OCH3 is 1. The molecule has 0 aliphatic heterocycles. The fraction of sp³-hybridized carbons (Fsp3) is 0.300. The quantitative estimate of drug-likeness (QED) is 0.456. The van der Waals surface area contributed by atoms with E-state index in [1.807, 2.05) is 0 Å². The highest BCUT2D eigenvalue weighted by Crippen LogP contribution is 2.28. The number of carbonyl (C=O) groups excluding carboxylic acids is 1. The van der Waals surface area contributed by atoms with Gasteiger partial charge in [0.1, 0.15) is 17.2 Å². The molecule has 9 nitrogen and oxygen atoms in total. The first-order valence-electron chi connectivity index (χ1n) is 9.47. The second kappa shape index (κ2) is 9.21. The van der Waals surface area contributed by atoms with Crippen LogP contribution in [0, 0.1) is 11.2 Å². The molecular weight excluding hydrogens is 389 g/mol. The van der Waals surface area contributed by atoms with Gasteiger partial charge >= 0.3 is 6.09 Å². The Kier molecular flexibility index (Phi) is 6.45. The fourth-order valence-electron chi connectivity index (χ4n) is 3.24. The van der Waals surface area contributed by atoms with E-state index >= 15 is 0 Å². The number of carbonyl (C=O) groups is 1. The minimum absolute atomic E-state index is 0.0360. The van der Waals surface area contributed by atoms with Crippen molar-refractivity contribution in [2.75, 3.05) is 23.9 Å². The average molecular weight is 413 g/mol. The number of nitrogens with one attached hydrogen (secondary N) is 3. The van der Waals surface area contributed by atoms with Gasteiger partial charge in [-0.05, 0) is 37.3 Å². The molecule has 2 aromatic rings. The van der Waals surface area contributed by atoms with E-state index in [4.69, 9.17) is 16.9 Å². The van der Waals surface area contributed by atoms with E-state index in [2.05, 4.69) is 25.3 Å². The average Bonchev–Trinajstić information content (AvgIpc) is 2.75. The molecule has 3 rings (SSSR count). The zero-order chi connectivity index (χ0) is 21.7. The maximum atomic E-state index is 13.9. The summed E-state index contributed by atoms with van der Waals surface area (Å²) in [5.74, 6) is -0.354. The van der Waals surface area contributed by atoms with Crippen LogP contribution in [-0.2, 0) is 11.3 Å². The number of nitrogens with two attached hydrogens (primary N) is 2. The fourth-order valence-corrected chi connectivity index (χ4v) is 3.24. The van der Waals surface area contributed by atoms with Gasteiger partial charge in [-0.1, -0.05) is 18.2 Å². The number of nitrogen functional groups attached to an aromatic ring is 2. The number of ether oxygens (including phenoxy) is 1. The van der Waals surface area contributed by atoms with Gasteiger partial charge in [0, 0.05) is 17.8 Å². The number of amides is 1. The molecule has 30 heavy (non-hydrogen) atoms. The number of allylic oxidation sites excluding steroid dienone is 2. The predicted octanol–water partition coefficient (Wildman–Crippen LogP) is 2.94. The number of rotatable bonds is 6. The minimum Gasteiger partial charge on any atom is -0.453 e. The monoisotopic (exact) mass is 413 g/mol. The van der Waals surface area contributed by atoms with Gasteiger partial charge in [-0.2, -0.15) is 0 Å². The van der Waals surface area contributed by atoms with Crippen LogP contribution in [0.3, 0.4) is 0 Å². The molecule has 0 saturated heterocycles. The molecule has 1 aromatic heterocycles. The number of anilines is 3. The van der Waals surface area contributed by atoms with Gasteiger partial charge in [0.05, 0.1) is 7.11 Å². The summed E-state index contributed by atoms with van der Waals surface area (Å²) in [6.07, 6.45) is 2.51. The lowest BCUT2D eigenvalue weighted by Crippen LogP contribution is -2.23. The van der Waals surface area contributed by atoms with E-state index in [0.717, 1.165) is 30.5 Å². The molecule has 1 heterocycles. The SMILES string of the molecule is COC(=O)Nc1c(N)nc(C(=N)C2=C(NCc3ccccc3F)CCCC2)nc1N. The lowest BCUT2D eigenvalue weighted by Gasteiger charge is -2.22.